The zero-order valence-corrected chi connectivity index (χ0v) is 22.0. The van der Waals surface area contributed by atoms with E-state index in [9.17, 15) is 39.9 Å². The van der Waals surface area contributed by atoms with Crippen LogP contribution in [0.3, 0.4) is 0 Å². The van der Waals surface area contributed by atoms with Gasteiger partial charge in [-0.05, 0) is 41.6 Å². The van der Waals surface area contributed by atoms with Crippen LogP contribution in [0.2, 0.25) is 0 Å². The molecule has 14 heteroatoms. The molecule has 1 N–H and O–H groups in total. The molecule has 6 nitrogen and oxygen atoms in total. The Labute approximate surface area is 225 Å². The number of rotatable bonds is 7. The third-order valence-electron chi connectivity index (χ3n) is 6.62. The van der Waals surface area contributed by atoms with Crippen molar-refractivity contribution in [1.82, 2.24) is 4.31 Å². The Morgan fingerprint density at radius 3 is 2.15 bits per heavy atom. The van der Waals surface area contributed by atoms with Crippen molar-refractivity contribution >= 4 is 27.0 Å². The fraction of sp³-hybridized carbons (Fsp3) is 0.360. The average Bonchev–Trinajstić information content (AvgIpc) is 3.43. The quantitative estimate of drug-likeness (QED) is 0.382. The summed E-state index contributed by atoms with van der Waals surface area (Å²) in [5, 5.41) is 11.4. The minimum absolute atomic E-state index is 0.00900. The Bertz CT molecular complexity index is 1360. The molecule has 0 saturated carbocycles. The minimum Gasteiger partial charge on any atom is -0.496 e. The summed E-state index contributed by atoms with van der Waals surface area (Å²) in [5.41, 5.74) is -5.39. The Balaban J connectivity index is 1.69. The molecule has 1 aliphatic heterocycles. The summed E-state index contributed by atoms with van der Waals surface area (Å²) in [6.07, 6.45) is -11.7. The number of thiophene rings is 1. The predicted molar refractivity (Wildman–Crippen MR) is 133 cm³/mol. The lowest BCUT2D eigenvalue weighted by Crippen LogP contribution is -2.55. The molecule has 2 aromatic carbocycles. The summed E-state index contributed by atoms with van der Waals surface area (Å²) in [5.74, 6) is 0.548. The van der Waals surface area contributed by atoms with E-state index in [-0.39, 0.29) is 36.0 Å². The van der Waals surface area contributed by atoms with Crippen LogP contribution in [0.15, 0.2) is 70.3 Å². The van der Waals surface area contributed by atoms with Gasteiger partial charge in [0, 0.05) is 36.9 Å². The van der Waals surface area contributed by atoms with Crippen LogP contribution >= 0.6 is 11.3 Å². The molecule has 4 rings (SSSR count). The van der Waals surface area contributed by atoms with E-state index >= 15 is 0 Å². The average molecular weight is 595 g/mol. The third kappa shape index (κ3) is 5.47. The molecule has 0 unspecified atom stereocenters. The molecule has 0 aliphatic carbocycles. The standard InChI is InChI=1S/C25H24F6N2O4S2/c1-37-21-6-3-2-5-17(21)15-20-16-32(39(35,36)22-7-4-14-38-22)12-13-33(20)19-10-8-18(9-11-19)23(34,24(26,27)28)25(29,30)31/h2-11,14,20,34H,12-13,15-16H2,1H3/t20-/m0/s1. The number of alkyl halides is 6. The van der Waals surface area contributed by atoms with Gasteiger partial charge in [0.25, 0.3) is 15.6 Å². The smallest absolute Gasteiger partial charge is 0.430 e. The first kappa shape index (κ1) is 29.2. The first-order chi connectivity index (χ1) is 18.2. The first-order valence-electron chi connectivity index (χ1n) is 11.6. The summed E-state index contributed by atoms with van der Waals surface area (Å²) < 4.78 is 113. The Morgan fingerprint density at radius 2 is 1.59 bits per heavy atom. The molecule has 1 atom stereocenters. The lowest BCUT2D eigenvalue weighted by Gasteiger charge is -2.42. The van der Waals surface area contributed by atoms with Crippen LogP contribution in [0.1, 0.15) is 11.1 Å². The minimum atomic E-state index is -6.00. The van der Waals surface area contributed by atoms with Crippen molar-refractivity contribution in [3.05, 3.63) is 77.2 Å². The van der Waals surface area contributed by atoms with Crippen molar-refractivity contribution < 1.29 is 44.6 Å². The normalized spacial score (nSPS) is 17.8. The lowest BCUT2D eigenvalue weighted by molar-refractivity contribution is -0.376. The van der Waals surface area contributed by atoms with Crippen LogP contribution in [0.4, 0.5) is 32.0 Å². The monoisotopic (exact) mass is 594 g/mol. The van der Waals surface area contributed by atoms with Crippen molar-refractivity contribution in [2.45, 2.75) is 34.6 Å². The second-order valence-corrected chi connectivity index (χ2v) is 12.0. The number of halogens is 6. The number of aliphatic hydroxyl groups is 1. The molecule has 1 aromatic heterocycles. The maximum atomic E-state index is 13.3. The highest BCUT2D eigenvalue weighted by atomic mass is 32.2. The van der Waals surface area contributed by atoms with Crippen LogP contribution < -0.4 is 9.64 Å². The molecule has 0 amide bonds. The summed E-state index contributed by atoms with van der Waals surface area (Å²) in [4.78, 5) is 1.73. The molecule has 2 heterocycles. The van der Waals surface area contributed by atoms with Gasteiger partial charge in [0.15, 0.2) is 0 Å². The molecule has 0 bridgehead atoms. The molecule has 39 heavy (non-hydrogen) atoms. The van der Waals surface area contributed by atoms with Gasteiger partial charge in [0.1, 0.15) is 9.96 Å². The van der Waals surface area contributed by atoms with Gasteiger partial charge in [-0.1, -0.05) is 36.4 Å². The summed E-state index contributed by atoms with van der Waals surface area (Å²) >= 11 is 1.07. The highest BCUT2D eigenvalue weighted by Crippen LogP contribution is 2.50. The summed E-state index contributed by atoms with van der Waals surface area (Å²) in [6, 6.07) is 12.9. The van der Waals surface area contributed by atoms with Gasteiger partial charge in [-0.15, -0.1) is 11.3 Å². The van der Waals surface area contributed by atoms with Crippen LogP contribution in [0.25, 0.3) is 0 Å². The van der Waals surface area contributed by atoms with Crippen molar-refractivity contribution in [2.75, 3.05) is 31.6 Å². The van der Waals surface area contributed by atoms with Crippen molar-refractivity contribution in [1.29, 1.82) is 0 Å². The number of nitrogens with zero attached hydrogens (tertiary/aromatic N) is 2. The van der Waals surface area contributed by atoms with Gasteiger partial charge in [-0.25, -0.2) is 8.42 Å². The third-order valence-corrected chi connectivity index (χ3v) is 9.86. The maximum absolute atomic E-state index is 13.3. The molecular weight excluding hydrogens is 570 g/mol. The molecular formula is C25H24F6N2O4S2. The number of sulfonamides is 1. The van der Waals surface area contributed by atoms with Crippen LogP contribution in [-0.4, -0.2) is 63.0 Å². The van der Waals surface area contributed by atoms with Gasteiger partial charge in [-0.2, -0.15) is 30.6 Å². The van der Waals surface area contributed by atoms with E-state index in [0.29, 0.717) is 17.9 Å². The van der Waals surface area contributed by atoms with Crippen molar-refractivity contribution in [3.63, 3.8) is 0 Å². The van der Waals surface area contributed by atoms with E-state index in [1.165, 1.54) is 17.5 Å². The summed E-state index contributed by atoms with van der Waals surface area (Å²) in [6.45, 7) is 0.168. The van der Waals surface area contributed by atoms with E-state index in [0.717, 1.165) is 29.0 Å². The Morgan fingerprint density at radius 1 is 0.949 bits per heavy atom. The first-order valence-corrected chi connectivity index (χ1v) is 13.9. The van der Waals surface area contributed by atoms with E-state index in [2.05, 4.69) is 0 Å². The molecule has 3 aromatic rings. The van der Waals surface area contributed by atoms with E-state index in [4.69, 9.17) is 4.74 Å². The molecule has 1 saturated heterocycles. The lowest BCUT2D eigenvalue weighted by atomic mass is 9.92. The number of para-hydroxylation sites is 1. The number of hydrogen-bond acceptors (Lipinski definition) is 6. The van der Waals surface area contributed by atoms with Gasteiger partial charge in [0.05, 0.1) is 7.11 Å². The molecule has 212 valence electrons. The zero-order chi connectivity index (χ0) is 28.6. The maximum Gasteiger partial charge on any atom is 0.430 e. The van der Waals surface area contributed by atoms with Crippen LogP contribution in [-0.2, 0) is 22.0 Å². The Hall–Kier alpha value is -2.81. The van der Waals surface area contributed by atoms with E-state index < -0.39 is 39.6 Å². The zero-order valence-electron chi connectivity index (χ0n) is 20.4. The fourth-order valence-corrected chi connectivity index (χ4v) is 7.22. The molecule has 0 radical (unpaired) electrons. The number of anilines is 1. The number of benzene rings is 2. The largest absolute Gasteiger partial charge is 0.496 e. The highest BCUT2D eigenvalue weighted by Gasteiger charge is 2.71. The van der Waals surface area contributed by atoms with Crippen LogP contribution in [0, 0.1) is 0 Å². The van der Waals surface area contributed by atoms with Gasteiger partial charge in [-0.3, -0.25) is 0 Å². The fourth-order valence-electron chi connectivity index (χ4n) is 4.60. The SMILES string of the molecule is COc1ccccc1C[C@H]1CN(S(=O)(=O)c2cccs2)CCN1c1ccc(C(O)(C(F)(F)F)C(F)(F)F)cc1. The topological polar surface area (TPSA) is 70.1 Å². The molecule has 0 spiro atoms. The second-order valence-electron chi connectivity index (χ2n) is 8.91. The van der Waals surface area contributed by atoms with Gasteiger partial charge >= 0.3 is 12.4 Å². The molecule has 1 fully saturated rings. The number of methoxy groups -OCH3 is 1. The van der Waals surface area contributed by atoms with E-state index in [1.54, 1.807) is 40.6 Å². The number of piperazine rings is 1. The van der Waals surface area contributed by atoms with Crippen LogP contribution in [0.5, 0.6) is 5.75 Å². The van der Waals surface area contributed by atoms with Crippen molar-refractivity contribution in [2.24, 2.45) is 0 Å². The van der Waals surface area contributed by atoms with Crippen molar-refractivity contribution in [3.8, 4) is 5.75 Å². The van der Waals surface area contributed by atoms with Gasteiger partial charge in [0.2, 0.25) is 0 Å². The second kappa shape index (κ2) is 10.6. The summed E-state index contributed by atoms with van der Waals surface area (Å²) in [7, 11) is -2.33. The number of hydrogen-bond donors (Lipinski definition) is 1. The number of ether oxygens (including phenoxy) is 1. The Kier molecular flexibility index (Phi) is 7.96. The van der Waals surface area contributed by atoms with E-state index in [1.807, 2.05) is 0 Å². The van der Waals surface area contributed by atoms with Gasteiger partial charge < -0.3 is 14.7 Å². The highest BCUT2D eigenvalue weighted by molar-refractivity contribution is 7.91. The predicted octanol–water partition coefficient (Wildman–Crippen LogP) is 5.19. The molecule has 1 aliphatic rings.